The van der Waals surface area contributed by atoms with Crippen molar-refractivity contribution in [3.8, 4) is 0 Å². The fourth-order valence-corrected chi connectivity index (χ4v) is 3.68. The Balaban J connectivity index is 1.85. The molecule has 1 saturated heterocycles. The molecule has 1 unspecified atom stereocenters. The maximum Gasteiger partial charge on any atom is 0.242 e. The summed E-state index contributed by atoms with van der Waals surface area (Å²) in [6.07, 6.45) is 6.60. The van der Waals surface area contributed by atoms with Crippen molar-refractivity contribution >= 4 is 22.8 Å². The van der Waals surface area contributed by atoms with Gasteiger partial charge in [0.05, 0.1) is 11.6 Å². The van der Waals surface area contributed by atoms with Crippen molar-refractivity contribution in [3.05, 3.63) is 12.0 Å². The summed E-state index contributed by atoms with van der Waals surface area (Å²) in [5.41, 5.74) is 0.857. The molecule has 0 bridgehead atoms. The molecule has 2 fully saturated rings. The second-order valence-corrected chi connectivity index (χ2v) is 6.55. The summed E-state index contributed by atoms with van der Waals surface area (Å²) < 4.78 is 1.80. The summed E-state index contributed by atoms with van der Waals surface area (Å²) in [4.78, 5) is 23.8. The number of nitrogens with one attached hydrogen (secondary N) is 1. The van der Waals surface area contributed by atoms with Crippen LogP contribution in [0.2, 0.25) is 0 Å². The lowest BCUT2D eigenvalue weighted by molar-refractivity contribution is -0.122. The van der Waals surface area contributed by atoms with Crippen LogP contribution in [0, 0.1) is 0 Å². The highest BCUT2D eigenvalue weighted by Gasteiger charge is 2.30. The van der Waals surface area contributed by atoms with E-state index in [-0.39, 0.29) is 11.9 Å². The Hall–Kier alpha value is -2.18. The van der Waals surface area contributed by atoms with Crippen molar-refractivity contribution in [1.29, 1.82) is 0 Å². The molecule has 1 amide bonds. The Kier molecular flexibility index (Phi) is 3.43. The molecule has 0 spiro atoms. The molecule has 0 aromatic carbocycles. The number of aryl methyl sites for hydroxylation is 1. The van der Waals surface area contributed by atoms with Gasteiger partial charge in [0.15, 0.2) is 5.65 Å². The van der Waals surface area contributed by atoms with Crippen LogP contribution in [0.4, 0.5) is 5.82 Å². The van der Waals surface area contributed by atoms with E-state index >= 15 is 0 Å². The van der Waals surface area contributed by atoms with Crippen molar-refractivity contribution in [3.63, 3.8) is 0 Å². The molecule has 7 heteroatoms. The van der Waals surface area contributed by atoms with Crippen LogP contribution in [0.1, 0.15) is 44.3 Å². The molecule has 7 nitrogen and oxygen atoms in total. The van der Waals surface area contributed by atoms with Crippen molar-refractivity contribution in [2.45, 2.75) is 44.6 Å². The number of nitrogens with zero attached hydrogens (tertiary/aromatic N) is 5. The van der Waals surface area contributed by atoms with Gasteiger partial charge in [0, 0.05) is 26.1 Å². The molecule has 1 N–H and O–H groups in total. The number of carbonyl (C=O) groups is 1. The maximum atomic E-state index is 12.0. The molecule has 4 rings (SSSR count). The Morgan fingerprint density at radius 3 is 2.83 bits per heavy atom. The van der Waals surface area contributed by atoms with E-state index in [1.54, 1.807) is 4.68 Å². The number of carbonyl (C=O) groups excluding carboxylic acids is 1. The summed E-state index contributed by atoms with van der Waals surface area (Å²) in [6.45, 7) is 3.33. The normalized spacial score (nSPS) is 22.8. The molecule has 1 atom stereocenters. The third-order valence-corrected chi connectivity index (χ3v) is 5.08. The predicted molar refractivity (Wildman–Crippen MR) is 87.3 cm³/mol. The number of aromatic nitrogens is 4. The standard InChI is InChI=1S/C16H22N6O/c1-10-16(23)17-7-8-22(10)15-12-9-18-21(2)14(12)19-13(20-15)11-5-3-4-6-11/h9-11H,3-8H2,1-2H3,(H,17,23). The summed E-state index contributed by atoms with van der Waals surface area (Å²) in [6, 6.07) is -0.224. The van der Waals surface area contributed by atoms with Gasteiger partial charge < -0.3 is 10.2 Å². The van der Waals surface area contributed by atoms with E-state index in [9.17, 15) is 4.79 Å². The number of piperazine rings is 1. The van der Waals surface area contributed by atoms with Gasteiger partial charge in [0.1, 0.15) is 17.7 Å². The number of amides is 1. The quantitative estimate of drug-likeness (QED) is 0.905. The van der Waals surface area contributed by atoms with Crippen LogP contribution < -0.4 is 10.2 Å². The molecule has 122 valence electrons. The van der Waals surface area contributed by atoms with Crippen LogP contribution in [-0.4, -0.2) is 44.8 Å². The monoisotopic (exact) mass is 314 g/mol. The molecule has 1 aliphatic carbocycles. The Labute approximate surface area is 135 Å². The van der Waals surface area contributed by atoms with Crippen LogP contribution in [0.5, 0.6) is 0 Å². The topological polar surface area (TPSA) is 75.9 Å². The van der Waals surface area contributed by atoms with E-state index in [1.807, 2.05) is 20.2 Å². The molecular formula is C16H22N6O. The molecule has 3 heterocycles. The van der Waals surface area contributed by atoms with E-state index in [0.29, 0.717) is 12.5 Å². The van der Waals surface area contributed by atoms with Crippen molar-refractivity contribution in [1.82, 2.24) is 25.1 Å². The molecule has 23 heavy (non-hydrogen) atoms. The third-order valence-electron chi connectivity index (χ3n) is 5.08. The number of rotatable bonds is 2. The molecule has 1 saturated carbocycles. The second kappa shape index (κ2) is 5.47. The van der Waals surface area contributed by atoms with Crippen molar-refractivity contribution < 1.29 is 4.79 Å². The molecule has 0 radical (unpaired) electrons. The Morgan fingerprint density at radius 2 is 2.04 bits per heavy atom. The van der Waals surface area contributed by atoms with Gasteiger partial charge in [-0.2, -0.15) is 5.10 Å². The molecule has 1 aliphatic heterocycles. The highest BCUT2D eigenvalue weighted by Crippen LogP contribution is 2.35. The van der Waals surface area contributed by atoms with Crippen molar-refractivity contribution in [2.75, 3.05) is 18.0 Å². The first-order chi connectivity index (χ1) is 11.1. The first-order valence-corrected chi connectivity index (χ1v) is 8.39. The Bertz CT molecular complexity index is 748. The zero-order valence-corrected chi connectivity index (χ0v) is 13.6. The Morgan fingerprint density at radius 1 is 1.26 bits per heavy atom. The summed E-state index contributed by atoms with van der Waals surface area (Å²) in [5, 5.41) is 8.19. The van der Waals surface area contributed by atoms with E-state index < -0.39 is 0 Å². The zero-order chi connectivity index (χ0) is 16.0. The minimum absolute atomic E-state index is 0.0503. The van der Waals surface area contributed by atoms with Gasteiger partial charge in [-0.1, -0.05) is 12.8 Å². The van der Waals surface area contributed by atoms with Crippen LogP contribution in [-0.2, 0) is 11.8 Å². The summed E-state index contributed by atoms with van der Waals surface area (Å²) in [5.74, 6) is 2.25. The zero-order valence-electron chi connectivity index (χ0n) is 13.6. The number of anilines is 1. The van der Waals surface area contributed by atoms with E-state index in [4.69, 9.17) is 9.97 Å². The van der Waals surface area contributed by atoms with Gasteiger partial charge in [-0.05, 0) is 19.8 Å². The molecule has 2 aliphatic rings. The van der Waals surface area contributed by atoms with E-state index in [1.165, 1.54) is 12.8 Å². The van der Waals surface area contributed by atoms with Gasteiger partial charge in [0.25, 0.3) is 0 Å². The molecular weight excluding hydrogens is 292 g/mol. The smallest absolute Gasteiger partial charge is 0.242 e. The fourth-order valence-electron chi connectivity index (χ4n) is 3.68. The first kappa shape index (κ1) is 14.4. The molecule has 2 aromatic rings. The largest absolute Gasteiger partial charge is 0.353 e. The van der Waals surface area contributed by atoms with Gasteiger partial charge in [-0.3, -0.25) is 9.48 Å². The van der Waals surface area contributed by atoms with Crippen LogP contribution >= 0.6 is 0 Å². The fraction of sp³-hybridized carbons (Fsp3) is 0.625. The van der Waals surface area contributed by atoms with Crippen LogP contribution in [0.15, 0.2) is 6.20 Å². The van der Waals surface area contributed by atoms with Crippen molar-refractivity contribution in [2.24, 2.45) is 7.05 Å². The summed E-state index contributed by atoms with van der Waals surface area (Å²) >= 11 is 0. The second-order valence-electron chi connectivity index (χ2n) is 6.55. The summed E-state index contributed by atoms with van der Waals surface area (Å²) in [7, 11) is 1.91. The van der Waals surface area contributed by atoms with Gasteiger partial charge in [-0.15, -0.1) is 0 Å². The average molecular weight is 314 g/mol. The lowest BCUT2D eigenvalue weighted by Gasteiger charge is -2.34. The minimum Gasteiger partial charge on any atom is -0.353 e. The van der Waals surface area contributed by atoms with Crippen LogP contribution in [0.3, 0.4) is 0 Å². The predicted octanol–water partition coefficient (Wildman–Crippen LogP) is 1.35. The number of fused-ring (bicyclic) bond motifs is 1. The van der Waals surface area contributed by atoms with Gasteiger partial charge in [0.2, 0.25) is 5.91 Å². The molecule has 2 aromatic heterocycles. The third kappa shape index (κ3) is 2.34. The van der Waals surface area contributed by atoms with E-state index in [0.717, 1.165) is 42.1 Å². The highest BCUT2D eigenvalue weighted by molar-refractivity contribution is 5.92. The lowest BCUT2D eigenvalue weighted by atomic mass is 10.1. The van der Waals surface area contributed by atoms with Crippen LogP contribution in [0.25, 0.3) is 11.0 Å². The van der Waals surface area contributed by atoms with Gasteiger partial charge >= 0.3 is 0 Å². The highest BCUT2D eigenvalue weighted by atomic mass is 16.2. The number of hydrogen-bond donors (Lipinski definition) is 1. The first-order valence-electron chi connectivity index (χ1n) is 8.39. The average Bonchev–Trinajstić information content (AvgIpc) is 3.20. The maximum absolute atomic E-state index is 12.0. The SMILES string of the molecule is CC1C(=O)NCCN1c1nc(C2CCCC2)nc2c1cnn2C. The number of hydrogen-bond acceptors (Lipinski definition) is 5. The van der Waals surface area contributed by atoms with Gasteiger partial charge in [-0.25, -0.2) is 9.97 Å². The minimum atomic E-state index is -0.224. The van der Waals surface area contributed by atoms with E-state index in [2.05, 4.69) is 15.3 Å². The lowest BCUT2D eigenvalue weighted by Crippen LogP contribution is -2.54.